The number of nitrogens with zero attached hydrogens (tertiary/aromatic N) is 4. The summed E-state index contributed by atoms with van der Waals surface area (Å²) in [6, 6.07) is 8.42. The predicted octanol–water partition coefficient (Wildman–Crippen LogP) is 5.47. The summed E-state index contributed by atoms with van der Waals surface area (Å²) in [5.41, 5.74) is 3.09. The van der Waals surface area contributed by atoms with Gasteiger partial charge in [0.25, 0.3) is 0 Å². The van der Waals surface area contributed by atoms with Crippen molar-refractivity contribution in [2.75, 3.05) is 11.9 Å². The standard InChI is InChI=1S/C22H16F6N6O/c1-12-6-14(8-15(7-12)32-20(35)31-11-21(23,24)25)17-10-30-18-9-13(3-5-34(17)18)16-2-4-29-19(33-16)22(26,27)28/h2-10H,11H2,1H3,(H2,31,32,35). The number of halogens is 6. The maximum Gasteiger partial charge on any atom is 0.451 e. The number of amides is 2. The fraction of sp³-hybridized carbons (Fsp3) is 0.182. The van der Waals surface area contributed by atoms with E-state index in [0.29, 0.717) is 22.5 Å². The Morgan fingerprint density at radius 2 is 1.77 bits per heavy atom. The van der Waals surface area contributed by atoms with Crippen molar-refractivity contribution < 1.29 is 31.1 Å². The number of anilines is 1. The number of alkyl halides is 6. The molecule has 13 heteroatoms. The lowest BCUT2D eigenvalue weighted by Crippen LogP contribution is -2.36. The molecule has 0 radical (unpaired) electrons. The van der Waals surface area contributed by atoms with Crippen LogP contribution in [-0.2, 0) is 6.18 Å². The minimum Gasteiger partial charge on any atom is -0.329 e. The van der Waals surface area contributed by atoms with Crippen molar-refractivity contribution in [3.63, 3.8) is 0 Å². The smallest absolute Gasteiger partial charge is 0.329 e. The number of hydrogen-bond acceptors (Lipinski definition) is 4. The number of rotatable bonds is 4. The SMILES string of the molecule is Cc1cc(NC(=O)NCC(F)(F)F)cc(-c2cnc3cc(-c4ccnc(C(F)(F)F)n4)ccn23)c1. The lowest BCUT2D eigenvalue weighted by atomic mass is 10.1. The van der Waals surface area contributed by atoms with Gasteiger partial charge in [-0.15, -0.1) is 0 Å². The molecule has 0 saturated carbocycles. The Morgan fingerprint density at radius 3 is 2.49 bits per heavy atom. The third kappa shape index (κ3) is 5.67. The number of fused-ring (bicyclic) bond motifs is 1. The van der Waals surface area contributed by atoms with E-state index in [1.165, 1.54) is 12.3 Å². The molecule has 0 saturated heterocycles. The van der Waals surface area contributed by atoms with Gasteiger partial charge in [-0.2, -0.15) is 26.3 Å². The first-order valence-electron chi connectivity index (χ1n) is 10.0. The monoisotopic (exact) mass is 494 g/mol. The summed E-state index contributed by atoms with van der Waals surface area (Å²) in [6.07, 6.45) is -5.06. The van der Waals surface area contributed by atoms with Crippen molar-refractivity contribution in [3.8, 4) is 22.5 Å². The molecule has 2 N–H and O–H groups in total. The fourth-order valence-corrected chi connectivity index (χ4v) is 3.37. The van der Waals surface area contributed by atoms with Gasteiger partial charge in [-0.3, -0.25) is 4.40 Å². The number of nitrogens with one attached hydrogen (secondary N) is 2. The van der Waals surface area contributed by atoms with Crippen molar-refractivity contribution in [1.82, 2.24) is 24.7 Å². The van der Waals surface area contributed by atoms with E-state index in [-0.39, 0.29) is 11.4 Å². The van der Waals surface area contributed by atoms with Gasteiger partial charge in [0.05, 0.1) is 17.6 Å². The van der Waals surface area contributed by atoms with E-state index in [1.807, 2.05) is 0 Å². The van der Waals surface area contributed by atoms with Crippen LogP contribution in [-0.4, -0.2) is 38.1 Å². The van der Waals surface area contributed by atoms with Crippen molar-refractivity contribution in [2.24, 2.45) is 0 Å². The molecule has 0 aliphatic rings. The molecule has 3 heterocycles. The van der Waals surface area contributed by atoms with Gasteiger partial charge in [0.1, 0.15) is 12.2 Å². The van der Waals surface area contributed by atoms with E-state index < -0.39 is 30.8 Å². The van der Waals surface area contributed by atoms with E-state index >= 15 is 0 Å². The highest BCUT2D eigenvalue weighted by Gasteiger charge is 2.34. The number of aromatic nitrogens is 4. The molecule has 1 aromatic carbocycles. The Labute approximate surface area is 193 Å². The third-order valence-corrected chi connectivity index (χ3v) is 4.80. The van der Waals surface area contributed by atoms with Gasteiger partial charge in [-0.05, 0) is 48.9 Å². The number of hydrogen-bond donors (Lipinski definition) is 2. The molecule has 0 spiro atoms. The Hall–Kier alpha value is -4.16. The van der Waals surface area contributed by atoms with Crippen LogP contribution in [0.4, 0.5) is 36.8 Å². The summed E-state index contributed by atoms with van der Waals surface area (Å²) < 4.78 is 77.5. The van der Waals surface area contributed by atoms with Gasteiger partial charge >= 0.3 is 18.4 Å². The highest BCUT2D eigenvalue weighted by Crippen LogP contribution is 2.30. The van der Waals surface area contributed by atoms with E-state index in [1.54, 1.807) is 53.2 Å². The van der Waals surface area contributed by atoms with Gasteiger partial charge in [-0.25, -0.2) is 19.7 Å². The number of pyridine rings is 1. The molecule has 4 rings (SSSR count). The zero-order valence-electron chi connectivity index (χ0n) is 17.9. The van der Waals surface area contributed by atoms with Crippen molar-refractivity contribution >= 4 is 17.4 Å². The van der Waals surface area contributed by atoms with Crippen molar-refractivity contribution in [2.45, 2.75) is 19.3 Å². The van der Waals surface area contributed by atoms with Crippen LogP contribution in [0.2, 0.25) is 0 Å². The maximum atomic E-state index is 12.9. The molecule has 0 aliphatic heterocycles. The first kappa shape index (κ1) is 24.0. The zero-order valence-corrected chi connectivity index (χ0v) is 17.9. The van der Waals surface area contributed by atoms with Gasteiger partial charge in [0, 0.05) is 29.2 Å². The average molecular weight is 494 g/mol. The first-order chi connectivity index (χ1) is 16.4. The van der Waals surface area contributed by atoms with Crippen LogP contribution in [0.5, 0.6) is 0 Å². The number of imidazole rings is 1. The number of carbonyl (C=O) groups excluding carboxylic acids is 1. The van der Waals surface area contributed by atoms with Crippen molar-refractivity contribution in [3.05, 3.63) is 66.4 Å². The molecule has 0 atom stereocenters. The van der Waals surface area contributed by atoms with E-state index in [2.05, 4.69) is 20.3 Å². The van der Waals surface area contributed by atoms with Gasteiger partial charge < -0.3 is 10.6 Å². The normalized spacial score (nSPS) is 12.1. The molecule has 0 aliphatic carbocycles. The summed E-state index contributed by atoms with van der Waals surface area (Å²) in [6.45, 7) is 0.279. The molecule has 2 amide bonds. The molecule has 0 bridgehead atoms. The summed E-state index contributed by atoms with van der Waals surface area (Å²) in [7, 11) is 0. The zero-order chi connectivity index (χ0) is 25.4. The number of aryl methyl sites for hydroxylation is 1. The molecule has 3 aromatic heterocycles. The van der Waals surface area contributed by atoms with Crippen LogP contribution >= 0.6 is 0 Å². The van der Waals surface area contributed by atoms with Crippen molar-refractivity contribution in [1.29, 1.82) is 0 Å². The van der Waals surface area contributed by atoms with Crippen LogP contribution < -0.4 is 10.6 Å². The Bertz CT molecular complexity index is 1400. The molecule has 4 aromatic rings. The Kier molecular flexibility index (Phi) is 6.09. The number of urea groups is 1. The predicted molar refractivity (Wildman–Crippen MR) is 114 cm³/mol. The topological polar surface area (TPSA) is 84.2 Å². The summed E-state index contributed by atoms with van der Waals surface area (Å²) in [5.74, 6) is -1.25. The van der Waals surface area contributed by atoms with Gasteiger partial charge in [0.2, 0.25) is 5.82 Å². The maximum absolute atomic E-state index is 12.9. The van der Waals surface area contributed by atoms with Crippen LogP contribution in [0.1, 0.15) is 11.4 Å². The Morgan fingerprint density at radius 1 is 1.00 bits per heavy atom. The molecular formula is C22H16F6N6O. The molecule has 7 nitrogen and oxygen atoms in total. The third-order valence-electron chi connectivity index (χ3n) is 4.80. The van der Waals surface area contributed by atoms with Crippen LogP contribution in [0.3, 0.4) is 0 Å². The minimum atomic E-state index is -4.68. The van der Waals surface area contributed by atoms with Gasteiger partial charge in [0.15, 0.2) is 0 Å². The second kappa shape index (κ2) is 8.89. The second-order valence-electron chi connectivity index (χ2n) is 7.56. The lowest BCUT2D eigenvalue weighted by Gasteiger charge is -2.12. The molecule has 0 fully saturated rings. The van der Waals surface area contributed by atoms with E-state index in [0.717, 1.165) is 11.8 Å². The van der Waals surface area contributed by atoms with Gasteiger partial charge in [-0.1, -0.05) is 0 Å². The Balaban J connectivity index is 1.62. The molecular weight excluding hydrogens is 478 g/mol. The van der Waals surface area contributed by atoms with Crippen LogP contribution in [0.25, 0.3) is 28.2 Å². The summed E-state index contributed by atoms with van der Waals surface area (Å²) in [4.78, 5) is 23.0. The average Bonchev–Trinajstić information content (AvgIpc) is 3.20. The lowest BCUT2D eigenvalue weighted by molar-refractivity contribution is -0.144. The summed E-state index contributed by atoms with van der Waals surface area (Å²) >= 11 is 0. The molecule has 35 heavy (non-hydrogen) atoms. The number of benzene rings is 1. The highest BCUT2D eigenvalue weighted by atomic mass is 19.4. The molecule has 182 valence electrons. The largest absolute Gasteiger partial charge is 0.451 e. The first-order valence-corrected chi connectivity index (χ1v) is 10.0. The summed E-state index contributed by atoms with van der Waals surface area (Å²) in [5, 5.41) is 4.10. The highest BCUT2D eigenvalue weighted by molar-refractivity contribution is 5.90. The molecule has 0 unspecified atom stereocenters. The van der Waals surface area contributed by atoms with Crippen LogP contribution in [0.15, 0.2) is 55.0 Å². The van der Waals surface area contributed by atoms with Crippen LogP contribution in [0, 0.1) is 6.92 Å². The number of carbonyl (C=O) groups is 1. The fourth-order valence-electron chi connectivity index (χ4n) is 3.37. The second-order valence-corrected chi connectivity index (χ2v) is 7.56. The van der Waals surface area contributed by atoms with E-state index in [4.69, 9.17) is 0 Å². The quantitative estimate of drug-likeness (QED) is 0.369. The van der Waals surface area contributed by atoms with E-state index in [9.17, 15) is 31.1 Å². The minimum absolute atomic E-state index is 0.0753.